The molecule has 128 valence electrons. The Labute approximate surface area is 144 Å². The molecule has 0 unspecified atom stereocenters. The number of hydrogen-bond acceptors (Lipinski definition) is 5. The monoisotopic (exact) mass is 338 g/mol. The van der Waals surface area contributed by atoms with Crippen LogP contribution < -0.4 is 5.32 Å². The summed E-state index contributed by atoms with van der Waals surface area (Å²) in [7, 11) is 0. The van der Waals surface area contributed by atoms with E-state index in [2.05, 4.69) is 25.8 Å². The Kier molecular flexibility index (Phi) is 4.42. The van der Waals surface area contributed by atoms with Gasteiger partial charge in [-0.1, -0.05) is 18.2 Å². The Morgan fingerprint density at radius 1 is 1.20 bits per heavy atom. The predicted octanol–water partition coefficient (Wildman–Crippen LogP) is 1.74. The molecule has 0 aliphatic heterocycles. The maximum Gasteiger partial charge on any atom is 0.253 e. The number of hydrogen-bond donors (Lipinski definition) is 2. The van der Waals surface area contributed by atoms with Gasteiger partial charge in [0.15, 0.2) is 11.6 Å². The van der Waals surface area contributed by atoms with Gasteiger partial charge < -0.3 is 10.3 Å². The van der Waals surface area contributed by atoms with Crippen LogP contribution in [0.5, 0.6) is 0 Å². The van der Waals surface area contributed by atoms with Crippen LogP contribution in [0.25, 0.3) is 5.69 Å². The van der Waals surface area contributed by atoms with Crippen molar-refractivity contribution in [1.29, 1.82) is 0 Å². The number of rotatable bonds is 5. The Bertz CT molecular complexity index is 926. The zero-order valence-electron chi connectivity index (χ0n) is 14.2. The minimum Gasteiger partial charge on any atom is -0.355 e. The third-order valence-corrected chi connectivity index (χ3v) is 3.96. The van der Waals surface area contributed by atoms with Crippen LogP contribution in [0.2, 0.25) is 0 Å². The van der Waals surface area contributed by atoms with Gasteiger partial charge in [-0.15, -0.1) is 5.10 Å². The van der Waals surface area contributed by atoms with Crippen molar-refractivity contribution in [2.45, 2.75) is 27.3 Å². The van der Waals surface area contributed by atoms with E-state index in [0.717, 1.165) is 5.69 Å². The number of carbonyl (C=O) groups excluding carboxylic acids is 2. The summed E-state index contributed by atoms with van der Waals surface area (Å²) in [4.78, 5) is 27.1. The quantitative estimate of drug-likeness (QED) is 0.689. The van der Waals surface area contributed by atoms with Crippen molar-refractivity contribution in [1.82, 2.24) is 30.5 Å². The molecule has 2 aromatic heterocycles. The summed E-state index contributed by atoms with van der Waals surface area (Å²) in [5.41, 5.74) is 3.04. The Morgan fingerprint density at radius 3 is 2.56 bits per heavy atom. The summed E-state index contributed by atoms with van der Waals surface area (Å²) in [6, 6.07) is 9.42. The zero-order valence-corrected chi connectivity index (χ0v) is 14.2. The van der Waals surface area contributed by atoms with Gasteiger partial charge in [0.1, 0.15) is 0 Å². The number of ketones is 1. The first-order chi connectivity index (χ1) is 12.0. The molecule has 0 aliphatic rings. The molecule has 1 amide bonds. The predicted molar refractivity (Wildman–Crippen MR) is 90.6 cm³/mol. The highest BCUT2D eigenvalue weighted by Crippen LogP contribution is 2.18. The molecule has 3 rings (SSSR count). The summed E-state index contributed by atoms with van der Waals surface area (Å²) < 4.78 is 1.57. The highest BCUT2D eigenvalue weighted by molar-refractivity contribution is 6.02. The van der Waals surface area contributed by atoms with E-state index in [9.17, 15) is 9.59 Å². The van der Waals surface area contributed by atoms with Gasteiger partial charge in [-0.05, 0) is 42.0 Å². The molecule has 3 aromatic rings. The number of H-pyrrole nitrogens is 1. The number of nitrogens with one attached hydrogen (secondary N) is 2. The maximum absolute atomic E-state index is 12.5. The van der Waals surface area contributed by atoms with Crippen molar-refractivity contribution >= 4 is 11.7 Å². The van der Waals surface area contributed by atoms with E-state index in [1.807, 2.05) is 30.3 Å². The number of para-hydroxylation sites is 1. The van der Waals surface area contributed by atoms with Crippen molar-refractivity contribution < 1.29 is 9.59 Å². The molecule has 2 N–H and O–H groups in total. The first-order valence-electron chi connectivity index (χ1n) is 7.80. The molecule has 2 heterocycles. The molecule has 8 heteroatoms. The second-order valence-electron chi connectivity index (χ2n) is 5.71. The van der Waals surface area contributed by atoms with Gasteiger partial charge in [0, 0.05) is 12.6 Å². The number of amides is 1. The van der Waals surface area contributed by atoms with E-state index >= 15 is 0 Å². The second kappa shape index (κ2) is 6.68. The summed E-state index contributed by atoms with van der Waals surface area (Å²) in [6.45, 7) is 5.15. The van der Waals surface area contributed by atoms with E-state index in [4.69, 9.17) is 0 Å². The molecular weight excluding hydrogens is 320 g/mol. The average Bonchev–Trinajstić information content (AvgIpc) is 3.18. The lowest BCUT2D eigenvalue weighted by Crippen LogP contribution is -2.25. The summed E-state index contributed by atoms with van der Waals surface area (Å²) >= 11 is 0. The van der Waals surface area contributed by atoms with Crippen LogP contribution in [0.15, 0.2) is 30.3 Å². The number of aryl methyl sites for hydroxylation is 1. The molecule has 0 spiro atoms. The van der Waals surface area contributed by atoms with Gasteiger partial charge in [0.25, 0.3) is 5.91 Å². The summed E-state index contributed by atoms with van der Waals surface area (Å²) in [6.07, 6.45) is 0. The highest BCUT2D eigenvalue weighted by Gasteiger charge is 2.20. The standard InChI is InChI=1S/C17H18N6O2/c1-10-15(11(2)19-16(10)12(3)24)17(25)18-9-14-20-21-22-23(14)13-7-5-4-6-8-13/h4-8,19H,9H2,1-3H3,(H,18,25). The topological polar surface area (TPSA) is 106 Å². The second-order valence-corrected chi connectivity index (χ2v) is 5.71. The molecule has 0 bridgehead atoms. The fourth-order valence-corrected chi connectivity index (χ4v) is 2.78. The third-order valence-electron chi connectivity index (χ3n) is 3.96. The van der Waals surface area contributed by atoms with Crippen LogP contribution in [0.1, 0.15) is 44.9 Å². The van der Waals surface area contributed by atoms with E-state index in [1.54, 1.807) is 18.5 Å². The molecule has 1 aromatic carbocycles. The smallest absolute Gasteiger partial charge is 0.253 e. The van der Waals surface area contributed by atoms with Gasteiger partial charge in [0.05, 0.1) is 23.5 Å². The molecule has 0 saturated carbocycles. The Hall–Kier alpha value is -3.29. The van der Waals surface area contributed by atoms with Gasteiger partial charge in [-0.25, -0.2) is 0 Å². The average molecular weight is 338 g/mol. The number of nitrogens with zero attached hydrogens (tertiary/aromatic N) is 4. The number of carbonyl (C=O) groups is 2. The molecule has 25 heavy (non-hydrogen) atoms. The fraction of sp³-hybridized carbons (Fsp3) is 0.235. The van der Waals surface area contributed by atoms with E-state index in [0.29, 0.717) is 28.3 Å². The van der Waals surface area contributed by atoms with Crippen LogP contribution in [0.3, 0.4) is 0 Å². The number of tetrazole rings is 1. The Morgan fingerprint density at radius 2 is 1.92 bits per heavy atom. The van der Waals surface area contributed by atoms with Crippen molar-refractivity contribution in [3.05, 3.63) is 58.7 Å². The van der Waals surface area contributed by atoms with Crippen LogP contribution in [-0.4, -0.2) is 36.9 Å². The fourth-order valence-electron chi connectivity index (χ4n) is 2.78. The highest BCUT2D eigenvalue weighted by atomic mass is 16.1. The molecular formula is C17H18N6O2. The summed E-state index contributed by atoms with van der Waals surface area (Å²) in [5, 5.41) is 14.4. The van der Waals surface area contributed by atoms with E-state index < -0.39 is 0 Å². The largest absolute Gasteiger partial charge is 0.355 e. The molecule has 0 atom stereocenters. The molecule has 0 fully saturated rings. The maximum atomic E-state index is 12.5. The van der Waals surface area contributed by atoms with Crippen LogP contribution in [0.4, 0.5) is 0 Å². The zero-order chi connectivity index (χ0) is 18.0. The van der Waals surface area contributed by atoms with E-state index in [-0.39, 0.29) is 18.2 Å². The minimum atomic E-state index is -0.277. The SMILES string of the molecule is CC(=O)c1[nH]c(C)c(C(=O)NCc2nnnn2-c2ccccc2)c1C. The normalized spacial score (nSPS) is 10.7. The van der Waals surface area contributed by atoms with Crippen LogP contribution in [-0.2, 0) is 6.54 Å². The first-order valence-corrected chi connectivity index (χ1v) is 7.80. The van der Waals surface area contributed by atoms with Gasteiger partial charge in [-0.2, -0.15) is 4.68 Å². The van der Waals surface area contributed by atoms with Crippen molar-refractivity contribution in [2.24, 2.45) is 0 Å². The lowest BCUT2D eigenvalue weighted by molar-refractivity contribution is 0.0948. The number of benzene rings is 1. The van der Waals surface area contributed by atoms with E-state index in [1.165, 1.54) is 6.92 Å². The lowest BCUT2D eigenvalue weighted by atomic mass is 10.1. The minimum absolute atomic E-state index is 0.104. The molecule has 0 saturated heterocycles. The number of aromatic amines is 1. The number of aromatic nitrogens is 5. The Balaban J connectivity index is 1.79. The van der Waals surface area contributed by atoms with Crippen molar-refractivity contribution in [2.75, 3.05) is 0 Å². The third kappa shape index (κ3) is 3.18. The van der Waals surface area contributed by atoms with Crippen LogP contribution in [0, 0.1) is 13.8 Å². The molecule has 0 aliphatic carbocycles. The number of Topliss-reactive ketones (excluding diaryl/α,β-unsaturated/α-hetero) is 1. The summed E-state index contributed by atoms with van der Waals surface area (Å²) in [5.74, 6) is 0.131. The van der Waals surface area contributed by atoms with Gasteiger partial charge >= 0.3 is 0 Å². The van der Waals surface area contributed by atoms with Crippen molar-refractivity contribution in [3.63, 3.8) is 0 Å². The molecule has 8 nitrogen and oxygen atoms in total. The van der Waals surface area contributed by atoms with Gasteiger partial charge in [0.2, 0.25) is 0 Å². The van der Waals surface area contributed by atoms with Crippen LogP contribution >= 0.6 is 0 Å². The lowest BCUT2D eigenvalue weighted by Gasteiger charge is -2.07. The molecule has 0 radical (unpaired) electrons. The van der Waals surface area contributed by atoms with Crippen molar-refractivity contribution in [3.8, 4) is 5.69 Å². The first kappa shape index (κ1) is 16.6. The van der Waals surface area contributed by atoms with Gasteiger partial charge in [-0.3, -0.25) is 9.59 Å².